The van der Waals surface area contributed by atoms with Gasteiger partial charge in [-0.3, -0.25) is 9.59 Å². The van der Waals surface area contributed by atoms with Gasteiger partial charge in [0.05, 0.1) is 16.0 Å². The van der Waals surface area contributed by atoms with Crippen LogP contribution in [0.1, 0.15) is 12.5 Å². The van der Waals surface area contributed by atoms with Crippen molar-refractivity contribution in [3.05, 3.63) is 34.1 Å². The molecule has 0 aliphatic heterocycles. The molecule has 1 rings (SSSR count). The second-order valence-corrected chi connectivity index (χ2v) is 6.15. The molecular formula is C13H15BrFNO3S. The van der Waals surface area contributed by atoms with E-state index < -0.39 is 5.97 Å². The molecule has 1 unspecified atom stereocenters. The Balaban J connectivity index is 2.38. The molecule has 0 fully saturated rings. The van der Waals surface area contributed by atoms with Gasteiger partial charge in [0.1, 0.15) is 5.82 Å². The van der Waals surface area contributed by atoms with E-state index in [-0.39, 0.29) is 29.3 Å². The van der Waals surface area contributed by atoms with Crippen molar-refractivity contribution in [3.63, 3.8) is 0 Å². The molecule has 0 aliphatic rings. The zero-order valence-corrected chi connectivity index (χ0v) is 13.3. The van der Waals surface area contributed by atoms with Gasteiger partial charge in [-0.2, -0.15) is 0 Å². The summed E-state index contributed by atoms with van der Waals surface area (Å²) >= 11 is 4.17. The van der Waals surface area contributed by atoms with Gasteiger partial charge < -0.3 is 10.4 Å². The summed E-state index contributed by atoms with van der Waals surface area (Å²) < 4.78 is 13.5. The molecule has 0 heterocycles. The van der Waals surface area contributed by atoms with Gasteiger partial charge in [0.25, 0.3) is 0 Å². The van der Waals surface area contributed by atoms with Crippen molar-refractivity contribution in [2.45, 2.75) is 19.4 Å². The second-order valence-electron chi connectivity index (χ2n) is 4.31. The Morgan fingerprint density at radius 3 is 2.75 bits per heavy atom. The number of carboxylic acids is 1. The van der Waals surface area contributed by atoms with Gasteiger partial charge in [0.15, 0.2) is 0 Å². The second kappa shape index (κ2) is 8.26. The molecule has 4 nitrogen and oxygen atoms in total. The summed E-state index contributed by atoms with van der Waals surface area (Å²) in [7, 11) is 0. The average Bonchev–Trinajstić information content (AvgIpc) is 2.33. The van der Waals surface area contributed by atoms with Crippen LogP contribution in [0.5, 0.6) is 0 Å². The molecule has 0 bridgehead atoms. The largest absolute Gasteiger partial charge is 0.481 e. The minimum atomic E-state index is -0.938. The summed E-state index contributed by atoms with van der Waals surface area (Å²) in [5, 5.41) is 11.2. The maximum absolute atomic E-state index is 13.1. The van der Waals surface area contributed by atoms with E-state index in [2.05, 4.69) is 21.2 Å². The molecule has 1 amide bonds. The Kier molecular flexibility index (Phi) is 7.01. The van der Waals surface area contributed by atoms with E-state index in [1.807, 2.05) is 6.92 Å². The summed E-state index contributed by atoms with van der Waals surface area (Å²) in [4.78, 5) is 21.9. The molecule has 2 N–H and O–H groups in total. The average molecular weight is 364 g/mol. The van der Waals surface area contributed by atoms with Crippen LogP contribution >= 0.6 is 27.7 Å². The minimum Gasteiger partial charge on any atom is -0.481 e. The normalized spacial score (nSPS) is 11.9. The van der Waals surface area contributed by atoms with E-state index >= 15 is 0 Å². The summed E-state index contributed by atoms with van der Waals surface area (Å²) in [6.45, 7) is 1.84. The Bertz CT molecular complexity index is 499. The Hall–Kier alpha value is -1.08. The molecular weight excluding hydrogens is 349 g/mol. The molecule has 7 heteroatoms. The lowest BCUT2D eigenvalue weighted by Gasteiger charge is -2.14. The van der Waals surface area contributed by atoms with Crippen molar-refractivity contribution in [1.82, 2.24) is 5.32 Å². The number of amides is 1. The van der Waals surface area contributed by atoms with Crippen molar-refractivity contribution in [1.29, 1.82) is 0 Å². The van der Waals surface area contributed by atoms with Crippen molar-refractivity contribution in [2.24, 2.45) is 0 Å². The molecule has 20 heavy (non-hydrogen) atoms. The van der Waals surface area contributed by atoms with Crippen LogP contribution in [0.4, 0.5) is 4.39 Å². The number of thioether (sulfide) groups is 1. The zero-order chi connectivity index (χ0) is 15.1. The van der Waals surface area contributed by atoms with Crippen LogP contribution in [-0.2, 0) is 16.0 Å². The van der Waals surface area contributed by atoms with Crippen molar-refractivity contribution >= 4 is 39.6 Å². The van der Waals surface area contributed by atoms with Gasteiger partial charge in [0.2, 0.25) is 5.91 Å². The van der Waals surface area contributed by atoms with Gasteiger partial charge in [-0.05, 0) is 47.0 Å². The molecule has 0 aromatic heterocycles. The number of rotatable bonds is 7. The van der Waals surface area contributed by atoms with Crippen molar-refractivity contribution < 1.29 is 19.1 Å². The fourth-order valence-corrected chi connectivity index (χ4v) is 2.59. The number of hydrogen-bond acceptors (Lipinski definition) is 3. The molecule has 1 aromatic rings. The number of hydrogen-bond donors (Lipinski definition) is 2. The number of halogens is 2. The highest BCUT2D eigenvalue weighted by molar-refractivity contribution is 9.10. The number of nitrogens with one attached hydrogen (secondary N) is 1. The number of carbonyl (C=O) groups excluding carboxylic acids is 1. The Morgan fingerprint density at radius 2 is 2.15 bits per heavy atom. The van der Waals surface area contributed by atoms with Crippen LogP contribution in [0.2, 0.25) is 0 Å². The van der Waals surface area contributed by atoms with Crippen LogP contribution in [0.3, 0.4) is 0 Å². The predicted octanol–water partition coefficient (Wildman–Crippen LogP) is 2.45. The molecule has 0 spiro atoms. The molecule has 0 radical (unpaired) electrons. The fraction of sp³-hybridized carbons (Fsp3) is 0.385. The van der Waals surface area contributed by atoms with Gasteiger partial charge in [-0.1, -0.05) is 6.07 Å². The summed E-state index contributed by atoms with van der Waals surface area (Å²) in [5.41, 5.74) is 0.907. The van der Waals surface area contributed by atoms with Crippen LogP contribution in [0.15, 0.2) is 22.7 Å². The van der Waals surface area contributed by atoms with E-state index in [0.29, 0.717) is 10.9 Å². The third kappa shape index (κ3) is 6.38. The topological polar surface area (TPSA) is 66.4 Å². The molecule has 1 aromatic carbocycles. The maximum Gasteiger partial charge on any atom is 0.313 e. The smallest absolute Gasteiger partial charge is 0.313 e. The van der Waals surface area contributed by atoms with Crippen LogP contribution < -0.4 is 5.32 Å². The molecule has 110 valence electrons. The lowest BCUT2D eigenvalue weighted by atomic mass is 10.1. The van der Waals surface area contributed by atoms with Gasteiger partial charge in [0, 0.05) is 6.04 Å². The van der Waals surface area contributed by atoms with Crippen LogP contribution in [0, 0.1) is 5.82 Å². The Labute approximate surface area is 129 Å². The summed E-state index contributed by atoms with van der Waals surface area (Å²) in [6, 6.07) is 4.61. The third-order valence-electron chi connectivity index (χ3n) is 2.39. The van der Waals surface area contributed by atoms with Gasteiger partial charge >= 0.3 is 5.97 Å². The standard InChI is InChI=1S/C13H15BrFNO3S/c1-8(16-12(17)6-20-7-13(18)19)4-9-2-3-11(15)10(14)5-9/h2-3,5,8H,4,6-7H2,1H3,(H,16,17)(H,18,19). The van der Waals surface area contributed by atoms with E-state index in [9.17, 15) is 14.0 Å². The van der Waals surface area contributed by atoms with Crippen LogP contribution in [0.25, 0.3) is 0 Å². The first-order valence-electron chi connectivity index (χ1n) is 5.91. The first-order valence-corrected chi connectivity index (χ1v) is 7.86. The monoisotopic (exact) mass is 363 g/mol. The number of aliphatic carboxylic acids is 1. The quantitative estimate of drug-likeness (QED) is 0.780. The molecule has 1 atom stereocenters. The highest BCUT2D eigenvalue weighted by Crippen LogP contribution is 2.17. The lowest BCUT2D eigenvalue weighted by Crippen LogP contribution is -2.35. The van der Waals surface area contributed by atoms with Crippen molar-refractivity contribution in [3.8, 4) is 0 Å². The summed E-state index contributed by atoms with van der Waals surface area (Å²) in [6.07, 6.45) is 0.578. The highest BCUT2D eigenvalue weighted by Gasteiger charge is 2.10. The van der Waals surface area contributed by atoms with Gasteiger partial charge in [-0.15, -0.1) is 11.8 Å². The van der Waals surface area contributed by atoms with Gasteiger partial charge in [-0.25, -0.2) is 4.39 Å². The molecule has 0 saturated heterocycles. The lowest BCUT2D eigenvalue weighted by molar-refractivity contribution is -0.133. The van der Waals surface area contributed by atoms with E-state index in [1.54, 1.807) is 12.1 Å². The van der Waals surface area contributed by atoms with E-state index in [1.165, 1.54) is 6.07 Å². The number of carbonyl (C=O) groups is 2. The molecule has 0 saturated carbocycles. The zero-order valence-electron chi connectivity index (χ0n) is 10.9. The van der Waals surface area contributed by atoms with E-state index in [0.717, 1.165) is 17.3 Å². The molecule has 0 aliphatic carbocycles. The first-order chi connectivity index (χ1) is 9.38. The minimum absolute atomic E-state index is 0.0906. The third-order valence-corrected chi connectivity index (χ3v) is 3.92. The predicted molar refractivity (Wildman–Crippen MR) is 80.4 cm³/mol. The van der Waals surface area contributed by atoms with E-state index in [4.69, 9.17) is 5.11 Å². The first kappa shape index (κ1) is 17.0. The fourth-order valence-electron chi connectivity index (χ4n) is 1.62. The maximum atomic E-state index is 13.1. The summed E-state index contributed by atoms with van der Waals surface area (Å²) in [5.74, 6) is -1.44. The van der Waals surface area contributed by atoms with Crippen molar-refractivity contribution in [2.75, 3.05) is 11.5 Å². The number of benzene rings is 1. The highest BCUT2D eigenvalue weighted by atomic mass is 79.9. The Morgan fingerprint density at radius 1 is 1.45 bits per heavy atom. The van der Waals surface area contributed by atoms with Crippen LogP contribution in [-0.4, -0.2) is 34.5 Å². The number of carboxylic acid groups (broad SMARTS) is 1. The SMILES string of the molecule is CC(Cc1ccc(F)c(Br)c1)NC(=O)CSCC(=O)O.